The van der Waals surface area contributed by atoms with Crippen molar-refractivity contribution in [3.8, 4) is 0 Å². The number of furan rings is 1. The molecule has 1 aromatic heterocycles. The summed E-state index contributed by atoms with van der Waals surface area (Å²) in [7, 11) is 0. The fourth-order valence-corrected chi connectivity index (χ4v) is 2.14. The average molecular weight is 275 g/mol. The Bertz CT molecular complexity index is 543. The smallest absolute Gasteiger partial charge is 0.134 e. The molecule has 0 amide bonds. The largest absolute Gasteiger partial charge is 0.459 e. The molecule has 1 N–H and O–H groups in total. The fraction of sp³-hybridized carbons (Fsp3) is 0.529. The predicted octanol–water partition coefficient (Wildman–Crippen LogP) is 4.10. The minimum Gasteiger partial charge on any atom is -0.459 e. The Kier molecular flexibility index (Phi) is 5.21. The lowest BCUT2D eigenvalue weighted by Gasteiger charge is -2.09. The topological polar surface area (TPSA) is 34.4 Å². The summed E-state index contributed by atoms with van der Waals surface area (Å²) in [5.41, 5.74) is 2.12. The Hall–Kier alpha value is -1.32. The van der Waals surface area contributed by atoms with Crippen LogP contribution in [-0.2, 0) is 17.9 Å². The van der Waals surface area contributed by atoms with E-state index in [1.54, 1.807) is 0 Å². The van der Waals surface area contributed by atoms with Crippen LogP contribution in [0.1, 0.15) is 39.0 Å². The van der Waals surface area contributed by atoms with E-state index in [1.807, 2.05) is 18.2 Å². The quantitative estimate of drug-likeness (QED) is 0.826. The Labute approximate surface area is 121 Å². The van der Waals surface area contributed by atoms with E-state index in [0.717, 1.165) is 29.9 Å². The molecule has 0 unspecified atom stereocenters. The zero-order valence-electron chi connectivity index (χ0n) is 12.9. The Morgan fingerprint density at radius 3 is 2.60 bits per heavy atom. The standard InChI is InChI=1S/C17H25NO2/c1-12(2)10-19-11-15-14-7-5-6-8-16(14)20-17(15)9-18-13(3)4/h5-8,12-13,18H,9-11H2,1-4H3. The van der Waals surface area contributed by atoms with Crippen molar-refractivity contribution < 1.29 is 9.15 Å². The maximum Gasteiger partial charge on any atom is 0.134 e. The van der Waals surface area contributed by atoms with Crippen LogP contribution in [-0.4, -0.2) is 12.6 Å². The highest BCUT2D eigenvalue weighted by Crippen LogP contribution is 2.26. The van der Waals surface area contributed by atoms with Gasteiger partial charge in [-0.05, 0) is 12.0 Å². The van der Waals surface area contributed by atoms with Gasteiger partial charge in [0.25, 0.3) is 0 Å². The lowest BCUT2D eigenvalue weighted by Crippen LogP contribution is -2.22. The predicted molar refractivity (Wildman–Crippen MR) is 82.7 cm³/mol. The summed E-state index contributed by atoms with van der Waals surface area (Å²) in [6.45, 7) is 10.7. The molecule has 20 heavy (non-hydrogen) atoms. The highest BCUT2D eigenvalue weighted by Gasteiger charge is 2.14. The van der Waals surface area contributed by atoms with Crippen LogP contribution < -0.4 is 5.32 Å². The van der Waals surface area contributed by atoms with E-state index in [2.05, 4.69) is 39.1 Å². The van der Waals surface area contributed by atoms with Gasteiger partial charge in [0.1, 0.15) is 11.3 Å². The van der Waals surface area contributed by atoms with Crippen LogP contribution in [0.2, 0.25) is 0 Å². The van der Waals surface area contributed by atoms with Gasteiger partial charge in [0.15, 0.2) is 0 Å². The van der Waals surface area contributed by atoms with E-state index >= 15 is 0 Å². The number of hydrogen-bond donors (Lipinski definition) is 1. The third-order valence-corrected chi connectivity index (χ3v) is 3.15. The van der Waals surface area contributed by atoms with Gasteiger partial charge in [-0.15, -0.1) is 0 Å². The van der Waals surface area contributed by atoms with Crippen molar-refractivity contribution >= 4 is 11.0 Å². The van der Waals surface area contributed by atoms with Gasteiger partial charge in [-0.25, -0.2) is 0 Å². The van der Waals surface area contributed by atoms with Crippen molar-refractivity contribution in [3.63, 3.8) is 0 Å². The van der Waals surface area contributed by atoms with Gasteiger partial charge in [0.2, 0.25) is 0 Å². The second-order valence-corrected chi connectivity index (χ2v) is 5.94. The molecule has 110 valence electrons. The van der Waals surface area contributed by atoms with Crippen LogP contribution in [0.25, 0.3) is 11.0 Å². The van der Waals surface area contributed by atoms with Crippen molar-refractivity contribution in [3.05, 3.63) is 35.6 Å². The summed E-state index contributed by atoms with van der Waals surface area (Å²) >= 11 is 0. The fourth-order valence-electron chi connectivity index (χ4n) is 2.14. The maximum absolute atomic E-state index is 5.96. The molecule has 0 saturated heterocycles. The first-order valence-electron chi connectivity index (χ1n) is 7.38. The zero-order chi connectivity index (χ0) is 14.5. The van der Waals surface area contributed by atoms with Gasteiger partial charge in [-0.1, -0.05) is 45.9 Å². The third-order valence-electron chi connectivity index (χ3n) is 3.15. The number of hydrogen-bond acceptors (Lipinski definition) is 3. The highest BCUT2D eigenvalue weighted by molar-refractivity contribution is 5.82. The molecule has 0 spiro atoms. The Morgan fingerprint density at radius 2 is 1.90 bits per heavy atom. The van der Waals surface area contributed by atoms with E-state index in [-0.39, 0.29) is 0 Å². The number of para-hydroxylation sites is 1. The molecule has 1 heterocycles. The van der Waals surface area contributed by atoms with Crippen LogP contribution in [0.15, 0.2) is 28.7 Å². The van der Waals surface area contributed by atoms with Crippen molar-refractivity contribution in [2.24, 2.45) is 5.92 Å². The molecule has 0 aliphatic rings. The van der Waals surface area contributed by atoms with Gasteiger partial charge in [0.05, 0.1) is 13.2 Å². The minimum absolute atomic E-state index is 0.438. The minimum atomic E-state index is 0.438. The first-order chi connectivity index (χ1) is 9.58. The van der Waals surface area contributed by atoms with Gasteiger partial charge < -0.3 is 14.5 Å². The van der Waals surface area contributed by atoms with Crippen LogP contribution >= 0.6 is 0 Å². The van der Waals surface area contributed by atoms with Crippen LogP contribution in [0.5, 0.6) is 0 Å². The summed E-state index contributed by atoms with van der Waals surface area (Å²) < 4.78 is 11.8. The van der Waals surface area contributed by atoms with Crippen molar-refractivity contribution in [2.45, 2.75) is 46.9 Å². The monoisotopic (exact) mass is 275 g/mol. The van der Waals surface area contributed by atoms with E-state index < -0.39 is 0 Å². The van der Waals surface area contributed by atoms with E-state index in [0.29, 0.717) is 18.6 Å². The molecule has 0 aliphatic heterocycles. The molecule has 0 radical (unpaired) electrons. The molecule has 2 aromatic rings. The van der Waals surface area contributed by atoms with E-state index in [9.17, 15) is 0 Å². The highest BCUT2D eigenvalue weighted by atomic mass is 16.5. The summed E-state index contributed by atoms with van der Waals surface area (Å²) in [5.74, 6) is 1.54. The van der Waals surface area contributed by atoms with Gasteiger partial charge in [-0.3, -0.25) is 0 Å². The second-order valence-electron chi connectivity index (χ2n) is 5.94. The molecule has 0 aliphatic carbocycles. The number of rotatable bonds is 7. The summed E-state index contributed by atoms with van der Waals surface area (Å²) in [6, 6.07) is 8.60. The molecule has 0 bridgehead atoms. The lowest BCUT2D eigenvalue weighted by molar-refractivity contribution is 0.0965. The van der Waals surface area contributed by atoms with Gasteiger partial charge in [-0.2, -0.15) is 0 Å². The first kappa shape index (κ1) is 15.1. The number of ether oxygens (including phenoxy) is 1. The molecule has 0 fully saturated rings. The third kappa shape index (κ3) is 3.84. The first-order valence-corrected chi connectivity index (χ1v) is 7.38. The van der Waals surface area contributed by atoms with Gasteiger partial charge in [0, 0.05) is 23.6 Å². The van der Waals surface area contributed by atoms with Crippen molar-refractivity contribution in [1.29, 1.82) is 0 Å². The molecular weight excluding hydrogens is 250 g/mol. The summed E-state index contributed by atoms with van der Waals surface area (Å²) in [4.78, 5) is 0. The van der Waals surface area contributed by atoms with Crippen molar-refractivity contribution in [2.75, 3.05) is 6.61 Å². The molecular formula is C17H25NO2. The van der Waals surface area contributed by atoms with Crippen LogP contribution in [0.4, 0.5) is 0 Å². The molecule has 0 atom stereocenters. The zero-order valence-corrected chi connectivity index (χ0v) is 12.9. The molecule has 1 aromatic carbocycles. The van der Waals surface area contributed by atoms with Crippen LogP contribution in [0.3, 0.4) is 0 Å². The van der Waals surface area contributed by atoms with E-state index in [4.69, 9.17) is 9.15 Å². The SMILES string of the molecule is CC(C)COCc1c(CNC(C)C)oc2ccccc12. The number of nitrogens with one attached hydrogen (secondary N) is 1. The summed E-state index contributed by atoms with van der Waals surface area (Å²) in [6.07, 6.45) is 0. The second kappa shape index (κ2) is 6.91. The Balaban J connectivity index is 2.20. The van der Waals surface area contributed by atoms with Gasteiger partial charge >= 0.3 is 0 Å². The summed E-state index contributed by atoms with van der Waals surface area (Å²) in [5, 5.41) is 4.58. The molecule has 3 nitrogen and oxygen atoms in total. The molecule has 2 rings (SSSR count). The number of fused-ring (bicyclic) bond motifs is 1. The van der Waals surface area contributed by atoms with Crippen molar-refractivity contribution in [1.82, 2.24) is 5.32 Å². The molecule has 0 saturated carbocycles. The lowest BCUT2D eigenvalue weighted by atomic mass is 10.1. The molecule has 3 heteroatoms. The Morgan fingerprint density at radius 1 is 1.15 bits per heavy atom. The van der Waals surface area contributed by atoms with Crippen LogP contribution in [0, 0.1) is 5.92 Å². The normalized spacial score (nSPS) is 11.9. The average Bonchev–Trinajstić information content (AvgIpc) is 2.74. The number of benzene rings is 1. The van der Waals surface area contributed by atoms with E-state index in [1.165, 1.54) is 5.56 Å². The maximum atomic E-state index is 5.96.